The molecule has 24 heavy (non-hydrogen) atoms. The molecule has 0 atom stereocenters. The summed E-state index contributed by atoms with van der Waals surface area (Å²) in [5.74, 6) is -0.0480. The highest BCUT2D eigenvalue weighted by Gasteiger charge is 2.08. The van der Waals surface area contributed by atoms with E-state index in [0.29, 0.717) is 29.6 Å². The van der Waals surface area contributed by atoms with Gasteiger partial charge < -0.3 is 16.0 Å². The van der Waals surface area contributed by atoms with Crippen molar-refractivity contribution >= 4 is 29.1 Å². The van der Waals surface area contributed by atoms with E-state index in [2.05, 4.69) is 32.8 Å². The van der Waals surface area contributed by atoms with Crippen LogP contribution in [0.3, 0.4) is 0 Å². The molecule has 0 saturated heterocycles. The third-order valence-corrected chi connectivity index (χ3v) is 3.14. The number of unbranched alkanes of at least 4 members (excludes halogenated alkanes) is 1. The monoisotopic (exact) mass is 327 g/mol. The Morgan fingerprint density at radius 1 is 1.17 bits per heavy atom. The van der Waals surface area contributed by atoms with Gasteiger partial charge in [-0.25, -0.2) is 9.97 Å². The van der Waals surface area contributed by atoms with E-state index < -0.39 is 0 Å². The van der Waals surface area contributed by atoms with E-state index >= 15 is 0 Å². The van der Waals surface area contributed by atoms with Crippen molar-refractivity contribution < 1.29 is 9.59 Å². The minimum atomic E-state index is -0.221. The zero-order chi connectivity index (χ0) is 17.4. The highest BCUT2D eigenvalue weighted by Crippen LogP contribution is 2.18. The molecule has 0 unspecified atom stereocenters. The molecule has 2 aromatic rings. The van der Waals surface area contributed by atoms with Gasteiger partial charge in [0.2, 0.25) is 11.9 Å². The van der Waals surface area contributed by atoms with Crippen molar-refractivity contribution in [3.05, 3.63) is 42.2 Å². The Labute approximate surface area is 140 Å². The predicted octanol–water partition coefficient (Wildman–Crippen LogP) is 2.71. The van der Waals surface area contributed by atoms with Gasteiger partial charge >= 0.3 is 0 Å². The molecule has 0 aliphatic rings. The number of nitrogens with zero attached hydrogens (tertiary/aromatic N) is 2. The molecular formula is C17H21N5O2. The summed E-state index contributed by atoms with van der Waals surface area (Å²) in [7, 11) is 0. The van der Waals surface area contributed by atoms with Crippen LogP contribution >= 0.6 is 0 Å². The van der Waals surface area contributed by atoms with Gasteiger partial charge in [0.05, 0.1) is 0 Å². The maximum Gasteiger partial charge on any atom is 0.270 e. The fourth-order valence-corrected chi connectivity index (χ4v) is 2.02. The minimum absolute atomic E-state index is 0.144. The average molecular weight is 327 g/mol. The van der Waals surface area contributed by atoms with Gasteiger partial charge in [-0.05, 0) is 30.7 Å². The topological polar surface area (TPSA) is 96.0 Å². The first-order valence-corrected chi connectivity index (χ1v) is 7.84. The number of anilines is 3. The third-order valence-electron chi connectivity index (χ3n) is 3.14. The lowest BCUT2D eigenvalue weighted by molar-refractivity contribution is -0.114. The highest BCUT2D eigenvalue weighted by atomic mass is 16.2. The molecule has 0 aliphatic carbocycles. The molecule has 0 saturated carbocycles. The van der Waals surface area contributed by atoms with Crippen LogP contribution in [0.5, 0.6) is 0 Å². The molecule has 0 radical (unpaired) electrons. The molecule has 126 valence electrons. The van der Waals surface area contributed by atoms with Crippen LogP contribution in [-0.2, 0) is 4.79 Å². The second-order valence-corrected chi connectivity index (χ2v) is 5.26. The van der Waals surface area contributed by atoms with Crippen molar-refractivity contribution in [3.63, 3.8) is 0 Å². The van der Waals surface area contributed by atoms with E-state index in [1.54, 1.807) is 24.3 Å². The van der Waals surface area contributed by atoms with Crippen LogP contribution in [0.25, 0.3) is 0 Å². The molecule has 0 spiro atoms. The molecule has 2 amide bonds. The van der Waals surface area contributed by atoms with E-state index in [1.807, 2.05) is 6.07 Å². The van der Waals surface area contributed by atoms with E-state index in [0.717, 1.165) is 12.8 Å². The number of carbonyl (C=O) groups excluding carboxylic acids is 2. The van der Waals surface area contributed by atoms with Crippen molar-refractivity contribution in [2.75, 3.05) is 17.2 Å². The smallest absolute Gasteiger partial charge is 0.270 e. The lowest BCUT2D eigenvalue weighted by atomic mass is 10.2. The number of amides is 2. The molecule has 7 heteroatoms. The van der Waals surface area contributed by atoms with Crippen molar-refractivity contribution in [1.82, 2.24) is 15.3 Å². The summed E-state index contributed by atoms with van der Waals surface area (Å²) in [6.45, 7) is 4.14. The van der Waals surface area contributed by atoms with Crippen molar-refractivity contribution in [2.45, 2.75) is 26.7 Å². The minimum Gasteiger partial charge on any atom is -0.351 e. The number of hydrogen-bond donors (Lipinski definition) is 3. The first-order chi connectivity index (χ1) is 11.6. The Kier molecular flexibility index (Phi) is 6.24. The van der Waals surface area contributed by atoms with Gasteiger partial charge in [0, 0.05) is 31.0 Å². The van der Waals surface area contributed by atoms with Gasteiger partial charge in [-0.2, -0.15) is 0 Å². The number of carbonyl (C=O) groups is 2. The fourth-order valence-electron chi connectivity index (χ4n) is 2.02. The van der Waals surface area contributed by atoms with Gasteiger partial charge in [0.25, 0.3) is 5.91 Å². The molecule has 1 aromatic heterocycles. The summed E-state index contributed by atoms with van der Waals surface area (Å²) >= 11 is 0. The summed E-state index contributed by atoms with van der Waals surface area (Å²) in [6.07, 6.45) is 3.47. The first kappa shape index (κ1) is 17.4. The zero-order valence-corrected chi connectivity index (χ0v) is 13.8. The highest BCUT2D eigenvalue weighted by molar-refractivity contribution is 5.92. The lowest BCUT2D eigenvalue weighted by Gasteiger charge is -2.09. The first-order valence-electron chi connectivity index (χ1n) is 7.84. The van der Waals surface area contributed by atoms with Gasteiger partial charge in [-0.3, -0.25) is 9.59 Å². The number of benzene rings is 1. The average Bonchev–Trinajstić information content (AvgIpc) is 2.55. The van der Waals surface area contributed by atoms with Crippen LogP contribution in [-0.4, -0.2) is 28.3 Å². The van der Waals surface area contributed by atoms with Crippen molar-refractivity contribution in [2.24, 2.45) is 0 Å². The maximum absolute atomic E-state index is 12.0. The van der Waals surface area contributed by atoms with E-state index in [-0.39, 0.29) is 11.8 Å². The quantitative estimate of drug-likeness (QED) is 0.680. The zero-order valence-electron chi connectivity index (χ0n) is 13.8. The molecular weight excluding hydrogens is 306 g/mol. The summed E-state index contributed by atoms with van der Waals surface area (Å²) in [4.78, 5) is 31.5. The Hall–Kier alpha value is -2.96. The van der Waals surface area contributed by atoms with E-state index in [4.69, 9.17) is 0 Å². The van der Waals surface area contributed by atoms with Crippen molar-refractivity contribution in [3.8, 4) is 0 Å². The molecule has 3 N–H and O–H groups in total. The number of nitrogens with one attached hydrogen (secondary N) is 3. The maximum atomic E-state index is 12.0. The molecule has 1 aromatic carbocycles. The molecule has 0 aliphatic heterocycles. The standard InChI is InChI=1S/C17H21N5O2/c1-3-4-9-18-16(24)15-8-10-19-17(22-15)21-14-7-5-6-13(11-14)20-12(2)23/h5-8,10-11H,3-4,9H2,1-2H3,(H,18,24)(H,20,23)(H,19,21,22). The molecule has 7 nitrogen and oxygen atoms in total. The van der Waals surface area contributed by atoms with Crippen molar-refractivity contribution in [1.29, 1.82) is 0 Å². The van der Waals surface area contributed by atoms with Crippen LogP contribution in [0.1, 0.15) is 37.2 Å². The van der Waals surface area contributed by atoms with E-state index in [9.17, 15) is 9.59 Å². The number of hydrogen-bond acceptors (Lipinski definition) is 5. The molecule has 0 bridgehead atoms. The molecule has 2 rings (SSSR count). The van der Waals surface area contributed by atoms with Gasteiger partial charge in [-0.1, -0.05) is 19.4 Å². The number of rotatable bonds is 7. The van der Waals surface area contributed by atoms with Crippen LogP contribution in [0, 0.1) is 0 Å². The number of aromatic nitrogens is 2. The van der Waals surface area contributed by atoms with E-state index in [1.165, 1.54) is 13.1 Å². The van der Waals surface area contributed by atoms with Crippen LogP contribution < -0.4 is 16.0 Å². The third kappa shape index (κ3) is 5.35. The lowest BCUT2D eigenvalue weighted by Crippen LogP contribution is -2.25. The van der Waals surface area contributed by atoms with Gasteiger partial charge in [-0.15, -0.1) is 0 Å². The SMILES string of the molecule is CCCCNC(=O)c1ccnc(Nc2cccc(NC(C)=O)c2)n1. The second kappa shape index (κ2) is 8.61. The molecule has 0 fully saturated rings. The predicted molar refractivity (Wildman–Crippen MR) is 93.3 cm³/mol. The largest absolute Gasteiger partial charge is 0.351 e. The van der Waals surface area contributed by atoms with Crippen LogP contribution in [0.4, 0.5) is 17.3 Å². The van der Waals surface area contributed by atoms with Gasteiger partial charge in [0.15, 0.2) is 0 Å². The summed E-state index contributed by atoms with van der Waals surface area (Å²) in [6, 6.07) is 8.74. The second-order valence-electron chi connectivity index (χ2n) is 5.26. The Morgan fingerprint density at radius 3 is 2.71 bits per heavy atom. The van der Waals surface area contributed by atoms with Gasteiger partial charge in [0.1, 0.15) is 5.69 Å². The van der Waals surface area contributed by atoms with Crippen LogP contribution in [0.2, 0.25) is 0 Å². The summed E-state index contributed by atoms with van der Waals surface area (Å²) < 4.78 is 0. The summed E-state index contributed by atoms with van der Waals surface area (Å²) in [5, 5.41) is 8.55. The fraction of sp³-hybridized carbons (Fsp3) is 0.294. The normalized spacial score (nSPS) is 10.1. The Bertz CT molecular complexity index is 718. The van der Waals surface area contributed by atoms with Crippen LogP contribution in [0.15, 0.2) is 36.5 Å². The Balaban J connectivity index is 2.06. The summed E-state index contributed by atoms with van der Waals surface area (Å²) in [5.41, 5.74) is 1.69. The molecule has 1 heterocycles. The Morgan fingerprint density at radius 2 is 1.96 bits per heavy atom.